The van der Waals surface area contributed by atoms with Gasteiger partial charge in [0.1, 0.15) is 17.1 Å². The summed E-state index contributed by atoms with van der Waals surface area (Å²) in [6.07, 6.45) is -0.224. The lowest BCUT2D eigenvalue weighted by Crippen LogP contribution is -2.40. The summed E-state index contributed by atoms with van der Waals surface area (Å²) in [6, 6.07) is 10.5. The predicted molar refractivity (Wildman–Crippen MR) is 157 cm³/mol. The Labute approximate surface area is 249 Å². The number of anilines is 1. The molecule has 0 unspecified atom stereocenters. The first kappa shape index (κ1) is 30.8. The van der Waals surface area contributed by atoms with Crippen molar-refractivity contribution in [3.63, 3.8) is 0 Å². The molecule has 43 heavy (non-hydrogen) atoms. The van der Waals surface area contributed by atoms with Gasteiger partial charge in [-0.25, -0.2) is 8.42 Å². The number of nitrogens with one attached hydrogen (secondary N) is 1. The summed E-state index contributed by atoms with van der Waals surface area (Å²) >= 11 is 0. The Morgan fingerprint density at radius 2 is 1.79 bits per heavy atom. The van der Waals surface area contributed by atoms with Crippen LogP contribution in [-0.4, -0.2) is 41.9 Å². The molecule has 0 radical (unpaired) electrons. The van der Waals surface area contributed by atoms with Gasteiger partial charge in [-0.1, -0.05) is 67.7 Å². The number of carbonyl (C=O) groups excluding carboxylic acids is 1. The molecule has 2 heterocycles. The van der Waals surface area contributed by atoms with Gasteiger partial charge in [-0.15, -0.1) is 0 Å². The third-order valence-corrected chi connectivity index (χ3v) is 9.64. The van der Waals surface area contributed by atoms with Crippen LogP contribution in [0.25, 0.3) is 11.1 Å². The number of benzene rings is 2. The lowest BCUT2D eigenvalue weighted by Gasteiger charge is -2.23. The number of halogens is 3. The van der Waals surface area contributed by atoms with E-state index in [9.17, 15) is 26.4 Å². The number of sulfonamides is 1. The zero-order chi connectivity index (χ0) is 31.0. The second kappa shape index (κ2) is 11.8. The molecule has 1 aliphatic heterocycles. The maximum absolute atomic E-state index is 13.9. The van der Waals surface area contributed by atoms with Crippen LogP contribution in [0.2, 0.25) is 0 Å². The lowest BCUT2D eigenvalue weighted by molar-refractivity contribution is -0.131. The molecule has 1 fully saturated rings. The summed E-state index contributed by atoms with van der Waals surface area (Å²) in [6.45, 7) is 5.44. The van der Waals surface area contributed by atoms with Crippen LogP contribution in [0.5, 0.6) is 0 Å². The van der Waals surface area contributed by atoms with Gasteiger partial charge < -0.3 is 4.52 Å². The molecule has 2 aromatic carbocycles. The monoisotopic (exact) mass is 616 g/mol. The van der Waals surface area contributed by atoms with Crippen LogP contribution in [-0.2, 0) is 27.8 Å². The summed E-state index contributed by atoms with van der Waals surface area (Å²) in [5, 5.41) is 3.76. The molecule has 0 saturated heterocycles. The minimum Gasteiger partial charge on any atom is -0.359 e. The first-order chi connectivity index (χ1) is 20.3. The minimum absolute atomic E-state index is 0.00835. The van der Waals surface area contributed by atoms with Crippen LogP contribution in [0.4, 0.5) is 19.0 Å². The Hall–Kier alpha value is -3.67. The number of hydrogen-bond acceptors (Lipinski definition) is 6. The van der Waals surface area contributed by atoms with Crippen molar-refractivity contribution in [3.8, 4) is 11.1 Å². The average molecular weight is 617 g/mol. The summed E-state index contributed by atoms with van der Waals surface area (Å²) in [4.78, 5) is 19.9. The van der Waals surface area contributed by atoms with Gasteiger partial charge in [0.2, 0.25) is 0 Å². The van der Waals surface area contributed by atoms with E-state index in [4.69, 9.17) is 9.52 Å². The van der Waals surface area contributed by atoms with Crippen LogP contribution in [0, 0.1) is 13.8 Å². The molecule has 1 amide bonds. The largest absolute Gasteiger partial charge is 0.393 e. The molecule has 230 valence electrons. The third-order valence-electron chi connectivity index (χ3n) is 8.24. The summed E-state index contributed by atoms with van der Waals surface area (Å²) in [7, 11) is -4.25. The Bertz CT molecular complexity index is 1660. The van der Waals surface area contributed by atoms with Crippen LogP contribution in [0.3, 0.4) is 0 Å². The van der Waals surface area contributed by atoms with E-state index in [2.05, 4.69) is 16.8 Å². The molecule has 3 aromatic rings. The summed E-state index contributed by atoms with van der Waals surface area (Å²) in [5.41, 5.74) is 0.429. The highest BCUT2D eigenvalue weighted by Gasteiger charge is 2.49. The van der Waals surface area contributed by atoms with Gasteiger partial charge in [0.05, 0.1) is 17.9 Å². The molecule has 0 atom stereocenters. The fraction of sp³-hybridized carbons (Fsp3) is 0.452. The van der Waals surface area contributed by atoms with Crippen molar-refractivity contribution in [1.82, 2.24) is 10.1 Å². The Morgan fingerprint density at radius 3 is 2.44 bits per heavy atom. The van der Waals surface area contributed by atoms with E-state index in [1.165, 1.54) is 30.3 Å². The van der Waals surface area contributed by atoms with Crippen molar-refractivity contribution in [1.29, 1.82) is 0 Å². The number of carbonyl (C=O) groups is 1. The number of amidine groups is 1. The second-order valence-electron chi connectivity index (χ2n) is 11.4. The zero-order valence-electron chi connectivity index (χ0n) is 24.4. The van der Waals surface area contributed by atoms with Crippen molar-refractivity contribution in [3.05, 3.63) is 64.9 Å². The number of aryl methyl sites for hydroxylation is 1. The van der Waals surface area contributed by atoms with Crippen molar-refractivity contribution in [2.24, 2.45) is 4.99 Å². The molecule has 2 aliphatic rings. The Kier molecular flexibility index (Phi) is 8.43. The zero-order valence-corrected chi connectivity index (χ0v) is 25.2. The van der Waals surface area contributed by atoms with Gasteiger partial charge in [0, 0.05) is 17.5 Å². The number of hydrogen-bond donors (Lipinski definition) is 1. The Morgan fingerprint density at radius 1 is 1.07 bits per heavy atom. The van der Waals surface area contributed by atoms with E-state index in [1.54, 1.807) is 30.9 Å². The van der Waals surface area contributed by atoms with E-state index in [0.717, 1.165) is 25.7 Å². The van der Waals surface area contributed by atoms with Crippen LogP contribution in [0.1, 0.15) is 74.3 Å². The van der Waals surface area contributed by atoms with Gasteiger partial charge in [0.15, 0.2) is 5.82 Å². The highest BCUT2D eigenvalue weighted by molar-refractivity contribution is 7.92. The van der Waals surface area contributed by atoms with Crippen LogP contribution >= 0.6 is 0 Å². The number of unbranched alkanes of at least 4 members (excludes halogenated alkanes) is 1. The van der Waals surface area contributed by atoms with E-state index in [1.807, 2.05) is 0 Å². The van der Waals surface area contributed by atoms with Crippen LogP contribution < -0.4 is 4.72 Å². The number of alkyl halides is 3. The fourth-order valence-electron chi connectivity index (χ4n) is 5.87. The minimum atomic E-state index is -4.56. The third kappa shape index (κ3) is 6.34. The maximum Gasteiger partial charge on any atom is 0.393 e. The number of aliphatic imine (C=N–C) groups is 1. The van der Waals surface area contributed by atoms with E-state index >= 15 is 0 Å². The first-order valence-corrected chi connectivity index (χ1v) is 16.0. The number of rotatable bonds is 10. The predicted octanol–water partition coefficient (Wildman–Crippen LogP) is 7.11. The van der Waals surface area contributed by atoms with Crippen molar-refractivity contribution >= 4 is 27.6 Å². The van der Waals surface area contributed by atoms with Gasteiger partial charge in [0.25, 0.3) is 15.9 Å². The smallest absolute Gasteiger partial charge is 0.359 e. The quantitative estimate of drug-likeness (QED) is 0.262. The van der Waals surface area contributed by atoms with Gasteiger partial charge in [-0.2, -0.15) is 13.2 Å². The SMILES string of the molecule is CCCCC1=NC2(CCCC2)C(=O)N1Cc1ccc(-c2ccccc2S(=O)(=O)Nc2noc(C)c2C)c(CC(F)(F)F)c1. The molecular formula is C31H35F3N4O4S. The molecule has 8 nitrogen and oxygen atoms in total. The highest BCUT2D eigenvalue weighted by atomic mass is 32.2. The number of amides is 1. The van der Waals surface area contributed by atoms with E-state index in [-0.39, 0.29) is 39.9 Å². The molecule has 1 spiro atoms. The van der Waals surface area contributed by atoms with E-state index in [0.29, 0.717) is 42.0 Å². The molecule has 1 aromatic heterocycles. The van der Waals surface area contributed by atoms with Gasteiger partial charge in [-0.05, 0) is 55.9 Å². The molecular weight excluding hydrogens is 581 g/mol. The summed E-state index contributed by atoms with van der Waals surface area (Å²) < 4.78 is 76.0. The first-order valence-electron chi connectivity index (χ1n) is 14.5. The summed E-state index contributed by atoms with van der Waals surface area (Å²) in [5.74, 6) is 1.05. The second-order valence-corrected chi connectivity index (χ2v) is 13.0. The van der Waals surface area contributed by atoms with Gasteiger partial charge in [-0.3, -0.25) is 19.4 Å². The van der Waals surface area contributed by atoms with Crippen molar-refractivity contribution in [2.75, 3.05) is 4.72 Å². The standard InChI is InChI=1S/C31H35F3N4O4S/c1-4-5-12-27-35-30(15-8-9-16-30)29(39)38(27)19-22-13-14-24(23(17-22)18-31(32,33)34)25-10-6-7-11-26(25)43(40,41)37-28-20(2)21(3)42-36-28/h6-7,10-11,13-14,17H,4-5,8-9,12,15-16,18-19H2,1-3H3,(H,36,37). The van der Waals surface area contributed by atoms with Crippen molar-refractivity contribution < 1.29 is 30.9 Å². The fourth-order valence-corrected chi connectivity index (χ4v) is 7.15. The molecule has 1 aliphatic carbocycles. The van der Waals surface area contributed by atoms with Crippen molar-refractivity contribution in [2.45, 2.75) is 95.3 Å². The van der Waals surface area contributed by atoms with Crippen LogP contribution in [0.15, 0.2) is 56.9 Å². The molecule has 5 rings (SSSR count). The maximum atomic E-state index is 13.9. The molecule has 1 saturated carbocycles. The molecule has 1 N–H and O–H groups in total. The topological polar surface area (TPSA) is 105 Å². The Balaban J connectivity index is 1.52. The van der Waals surface area contributed by atoms with E-state index < -0.39 is 28.2 Å². The number of aromatic nitrogens is 1. The highest BCUT2D eigenvalue weighted by Crippen LogP contribution is 2.41. The molecule has 0 bridgehead atoms. The number of nitrogens with zero attached hydrogens (tertiary/aromatic N) is 3. The van der Waals surface area contributed by atoms with Gasteiger partial charge >= 0.3 is 6.18 Å². The average Bonchev–Trinajstić information content (AvgIpc) is 3.62. The lowest BCUT2D eigenvalue weighted by atomic mass is 9.94. The molecule has 12 heteroatoms. The normalized spacial score (nSPS) is 16.7.